The monoisotopic (exact) mass is 279 g/mol. The van der Waals surface area contributed by atoms with Gasteiger partial charge in [0.1, 0.15) is 6.61 Å². The molecule has 1 aromatic rings. The molecule has 0 bridgehead atoms. The zero-order valence-electron chi connectivity index (χ0n) is 12.9. The van der Waals surface area contributed by atoms with Crippen LogP contribution in [0.1, 0.15) is 33.3 Å². The van der Waals surface area contributed by atoms with Crippen molar-refractivity contribution in [2.75, 3.05) is 19.6 Å². The number of rotatable bonds is 6. The molecule has 0 saturated carbocycles. The fourth-order valence-electron chi connectivity index (χ4n) is 1.50. The van der Waals surface area contributed by atoms with E-state index < -0.39 is 11.8 Å². The number of hydrogen-bond donors (Lipinski definition) is 0. The van der Waals surface area contributed by atoms with E-state index in [2.05, 4.69) is 25.7 Å². The second-order valence-electron chi connectivity index (χ2n) is 4.24. The molecule has 4 heteroatoms. The maximum Gasteiger partial charge on any atom is 0.374 e. The molecule has 0 unspecified atom stereocenters. The normalized spacial score (nSPS) is 9.65. The van der Waals surface area contributed by atoms with Crippen molar-refractivity contribution < 1.29 is 14.3 Å². The van der Waals surface area contributed by atoms with Crippen molar-refractivity contribution in [3.63, 3.8) is 0 Å². The number of nitrogens with zero attached hydrogens (tertiary/aromatic N) is 1. The molecule has 0 atom stereocenters. The fourth-order valence-corrected chi connectivity index (χ4v) is 1.50. The quantitative estimate of drug-likeness (QED) is 0.593. The molecule has 112 valence electrons. The third kappa shape index (κ3) is 8.43. The maximum absolute atomic E-state index is 10.7. The maximum atomic E-state index is 10.7. The van der Waals surface area contributed by atoms with Crippen LogP contribution in [0.5, 0.6) is 0 Å². The first kappa shape index (κ1) is 18.3. The average molecular weight is 279 g/mol. The molecule has 0 saturated heterocycles. The van der Waals surface area contributed by atoms with Crippen LogP contribution in [0.3, 0.4) is 0 Å². The van der Waals surface area contributed by atoms with Crippen LogP contribution in [0.4, 0.5) is 0 Å². The minimum atomic E-state index is -0.788. The van der Waals surface area contributed by atoms with E-state index in [0.29, 0.717) is 0 Å². The summed E-state index contributed by atoms with van der Waals surface area (Å²) in [5.74, 6) is -1.36. The molecule has 20 heavy (non-hydrogen) atoms. The smallest absolute Gasteiger partial charge is 0.374 e. The van der Waals surface area contributed by atoms with Gasteiger partial charge in [-0.3, -0.25) is 4.79 Å². The van der Waals surface area contributed by atoms with E-state index in [4.69, 9.17) is 4.74 Å². The Morgan fingerprint density at radius 2 is 1.50 bits per heavy atom. The fraction of sp³-hybridized carbons (Fsp3) is 0.500. The molecule has 0 aromatic heterocycles. The Kier molecular flexibility index (Phi) is 10.2. The van der Waals surface area contributed by atoms with Gasteiger partial charge < -0.3 is 9.64 Å². The topological polar surface area (TPSA) is 46.6 Å². The number of Topliss-reactive ketones (excluding diaryl/α,β-unsaturated/α-hetero) is 1. The van der Waals surface area contributed by atoms with Crippen molar-refractivity contribution in [3.05, 3.63) is 35.9 Å². The number of ether oxygens (including phenoxy) is 1. The summed E-state index contributed by atoms with van der Waals surface area (Å²) in [6.45, 7) is 11.5. The van der Waals surface area contributed by atoms with Gasteiger partial charge in [0.05, 0.1) is 0 Å². The van der Waals surface area contributed by atoms with Gasteiger partial charge in [0, 0.05) is 6.92 Å². The summed E-state index contributed by atoms with van der Waals surface area (Å²) in [5.41, 5.74) is 0.872. The van der Waals surface area contributed by atoms with E-state index in [1.807, 2.05) is 30.3 Å². The number of esters is 1. The van der Waals surface area contributed by atoms with E-state index >= 15 is 0 Å². The third-order valence-corrected chi connectivity index (χ3v) is 2.84. The van der Waals surface area contributed by atoms with Gasteiger partial charge in [0.2, 0.25) is 5.78 Å². The molecule has 0 aliphatic carbocycles. The molecular formula is C16H25NO3. The van der Waals surface area contributed by atoms with Crippen molar-refractivity contribution in [3.8, 4) is 0 Å². The Balaban J connectivity index is 0.000000441. The average Bonchev–Trinajstić information content (AvgIpc) is 2.48. The molecule has 0 amide bonds. The van der Waals surface area contributed by atoms with Crippen LogP contribution >= 0.6 is 0 Å². The van der Waals surface area contributed by atoms with Crippen LogP contribution in [0, 0.1) is 0 Å². The third-order valence-electron chi connectivity index (χ3n) is 2.84. The van der Waals surface area contributed by atoms with E-state index in [1.165, 1.54) is 26.6 Å². The van der Waals surface area contributed by atoms with Crippen molar-refractivity contribution in [2.45, 2.75) is 34.3 Å². The molecule has 1 aromatic carbocycles. The highest BCUT2D eigenvalue weighted by Gasteiger charge is 2.07. The standard InChI is InChI=1S/C10H10O3.C6H15N/c1-8(11)10(12)13-7-9-5-3-2-4-6-9;1-4-7(5-2)6-3/h2-6H,7H2,1H3;4-6H2,1-3H3. The highest BCUT2D eigenvalue weighted by atomic mass is 16.5. The molecule has 0 heterocycles. The van der Waals surface area contributed by atoms with Crippen molar-refractivity contribution >= 4 is 11.8 Å². The Morgan fingerprint density at radius 1 is 1.00 bits per heavy atom. The van der Waals surface area contributed by atoms with Gasteiger partial charge in [-0.15, -0.1) is 0 Å². The first-order chi connectivity index (χ1) is 9.54. The molecule has 0 N–H and O–H groups in total. The Morgan fingerprint density at radius 3 is 1.85 bits per heavy atom. The Hall–Kier alpha value is -1.68. The van der Waals surface area contributed by atoms with Gasteiger partial charge in [-0.05, 0) is 25.2 Å². The predicted octanol–water partition coefficient (Wildman–Crippen LogP) is 2.67. The van der Waals surface area contributed by atoms with Gasteiger partial charge in [0.15, 0.2) is 0 Å². The van der Waals surface area contributed by atoms with Gasteiger partial charge in [0.25, 0.3) is 0 Å². The second-order valence-corrected chi connectivity index (χ2v) is 4.24. The lowest BCUT2D eigenvalue weighted by Gasteiger charge is -2.13. The summed E-state index contributed by atoms with van der Waals surface area (Å²) < 4.78 is 4.70. The summed E-state index contributed by atoms with van der Waals surface area (Å²) in [4.78, 5) is 23.6. The lowest BCUT2D eigenvalue weighted by atomic mass is 10.2. The van der Waals surface area contributed by atoms with E-state index in [-0.39, 0.29) is 6.61 Å². The Bertz CT molecular complexity index is 380. The number of carbonyl (C=O) groups excluding carboxylic acids is 2. The lowest BCUT2D eigenvalue weighted by molar-refractivity contribution is -0.153. The summed E-state index contributed by atoms with van der Waals surface area (Å²) in [5, 5.41) is 0. The number of benzene rings is 1. The van der Waals surface area contributed by atoms with Crippen LogP contribution in [0.2, 0.25) is 0 Å². The van der Waals surface area contributed by atoms with Gasteiger partial charge in [-0.2, -0.15) is 0 Å². The summed E-state index contributed by atoms with van der Waals surface area (Å²) >= 11 is 0. The molecule has 0 spiro atoms. The van der Waals surface area contributed by atoms with E-state index in [0.717, 1.165) is 5.56 Å². The zero-order chi connectivity index (χ0) is 15.4. The summed E-state index contributed by atoms with van der Waals surface area (Å²) in [7, 11) is 0. The molecule has 0 aliphatic heterocycles. The van der Waals surface area contributed by atoms with E-state index in [1.54, 1.807) is 0 Å². The first-order valence-electron chi connectivity index (χ1n) is 6.99. The second kappa shape index (κ2) is 11.2. The zero-order valence-corrected chi connectivity index (χ0v) is 12.9. The molecule has 1 rings (SSSR count). The number of ketones is 1. The van der Waals surface area contributed by atoms with Crippen LogP contribution in [0.15, 0.2) is 30.3 Å². The highest BCUT2D eigenvalue weighted by molar-refractivity contribution is 6.32. The molecule has 0 radical (unpaired) electrons. The predicted molar refractivity (Wildman–Crippen MR) is 80.4 cm³/mol. The lowest BCUT2D eigenvalue weighted by Crippen LogP contribution is -2.21. The first-order valence-corrected chi connectivity index (χ1v) is 6.99. The van der Waals surface area contributed by atoms with Crippen molar-refractivity contribution in [1.29, 1.82) is 0 Å². The SMILES string of the molecule is CC(=O)C(=O)OCc1ccccc1.CCN(CC)CC. The molecular weight excluding hydrogens is 254 g/mol. The highest BCUT2D eigenvalue weighted by Crippen LogP contribution is 2.00. The van der Waals surface area contributed by atoms with Gasteiger partial charge in [-0.25, -0.2) is 4.79 Å². The van der Waals surface area contributed by atoms with E-state index in [9.17, 15) is 9.59 Å². The van der Waals surface area contributed by atoms with Crippen LogP contribution in [-0.4, -0.2) is 36.3 Å². The summed E-state index contributed by atoms with van der Waals surface area (Å²) in [6.07, 6.45) is 0. The number of carbonyl (C=O) groups is 2. The molecule has 0 fully saturated rings. The van der Waals surface area contributed by atoms with Crippen LogP contribution < -0.4 is 0 Å². The van der Waals surface area contributed by atoms with Crippen LogP contribution in [0.25, 0.3) is 0 Å². The number of hydrogen-bond acceptors (Lipinski definition) is 4. The van der Waals surface area contributed by atoms with Gasteiger partial charge >= 0.3 is 5.97 Å². The molecule has 0 aliphatic rings. The largest absolute Gasteiger partial charge is 0.455 e. The van der Waals surface area contributed by atoms with Crippen LogP contribution in [-0.2, 0) is 20.9 Å². The van der Waals surface area contributed by atoms with Crippen molar-refractivity contribution in [2.24, 2.45) is 0 Å². The Labute approximate surface area is 121 Å². The minimum absolute atomic E-state index is 0.152. The van der Waals surface area contributed by atoms with Crippen molar-refractivity contribution in [1.82, 2.24) is 4.90 Å². The minimum Gasteiger partial charge on any atom is -0.455 e. The molecule has 4 nitrogen and oxygen atoms in total. The van der Waals surface area contributed by atoms with Gasteiger partial charge in [-0.1, -0.05) is 51.1 Å². The summed E-state index contributed by atoms with van der Waals surface area (Å²) in [6, 6.07) is 9.21.